The molecule has 21 heavy (non-hydrogen) atoms. The van der Waals surface area contributed by atoms with Crippen molar-refractivity contribution in [2.75, 3.05) is 13.6 Å². The van der Waals surface area contributed by atoms with Crippen molar-refractivity contribution >= 4 is 11.9 Å². The average Bonchev–Trinajstić information content (AvgIpc) is 2.53. The number of carboxylic acid groups (broad SMARTS) is 1. The number of carbonyl (C=O) groups excluding carboxylic acids is 1. The number of aromatic nitrogens is 1. The molecule has 1 aromatic rings. The van der Waals surface area contributed by atoms with Gasteiger partial charge in [-0.15, -0.1) is 0 Å². The number of nitrogens with zero attached hydrogens (tertiary/aromatic N) is 2. The second-order valence-electron chi connectivity index (χ2n) is 5.72. The molecular formula is C16H22N2O3. The highest BCUT2D eigenvalue weighted by Crippen LogP contribution is 2.30. The van der Waals surface area contributed by atoms with Gasteiger partial charge in [0.25, 0.3) is 0 Å². The lowest BCUT2D eigenvalue weighted by molar-refractivity contribution is -0.145. The molecule has 1 aliphatic carbocycles. The van der Waals surface area contributed by atoms with Crippen LogP contribution in [0.2, 0.25) is 0 Å². The number of aliphatic carboxylic acids is 1. The molecule has 1 saturated carbocycles. The molecule has 1 amide bonds. The topological polar surface area (TPSA) is 70.5 Å². The summed E-state index contributed by atoms with van der Waals surface area (Å²) >= 11 is 0. The summed E-state index contributed by atoms with van der Waals surface area (Å²) in [5.41, 5.74) is 0.978. The van der Waals surface area contributed by atoms with Crippen LogP contribution in [0.1, 0.15) is 31.4 Å². The predicted octanol–water partition coefficient (Wildman–Crippen LogP) is 1.97. The van der Waals surface area contributed by atoms with Crippen LogP contribution in [0.3, 0.4) is 0 Å². The third-order valence-electron chi connectivity index (χ3n) is 4.23. The summed E-state index contributed by atoms with van der Waals surface area (Å²) in [7, 11) is 1.81. The number of rotatable bonds is 5. The highest BCUT2D eigenvalue weighted by Gasteiger charge is 2.30. The summed E-state index contributed by atoms with van der Waals surface area (Å²) in [5.74, 6) is -0.888. The summed E-state index contributed by atoms with van der Waals surface area (Å²) < 4.78 is 0. The molecule has 1 N–H and O–H groups in total. The fourth-order valence-corrected chi connectivity index (χ4v) is 2.84. The van der Waals surface area contributed by atoms with Gasteiger partial charge in [-0.3, -0.25) is 14.6 Å². The minimum Gasteiger partial charge on any atom is -0.481 e. The van der Waals surface area contributed by atoms with Gasteiger partial charge >= 0.3 is 5.97 Å². The Bertz CT molecular complexity index is 482. The van der Waals surface area contributed by atoms with Crippen molar-refractivity contribution in [2.45, 2.75) is 32.1 Å². The van der Waals surface area contributed by atoms with E-state index in [2.05, 4.69) is 4.98 Å². The molecule has 5 nitrogen and oxygen atoms in total. The van der Waals surface area contributed by atoms with Crippen molar-refractivity contribution in [2.24, 2.45) is 11.8 Å². The van der Waals surface area contributed by atoms with E-state index in [4.69, 9.17) is 5.11 Å². The monoisotopic (exact) mass is 290 g/mol. The Morgan fingerprint density at radius 3 is 2.48 bits per heavy atom. The maximum Gasteiger partial charge on any atom is 0.306 e. The summed E-state index contributed by atoms with van der Waals surface area (Å²) in [6.07, 6.45) is 5.09. The average molecular weight is 290 g/mol. The van der Waals surface area contributed by atoms with Crippen molar-refractivity contribution in [1.82, 2.24) is 9.88 Å². The Hall–Kier alpha value is -1.91. The largest absolute Gasteiger partial charge is 0.481 e. The molecule has 1 aliphatic rings. The van der Waals surface area contributed by atoms with E-state index in [0.29, 0.717) is 32.2 Å². The molecule has 0 bridgehead atoms. The Labute approximate surface area is 125 Å². The Morgan fingerprint density at radius 1 is 1.24 bits per heavy atom. The fourth-order valence-electron chi connectivity index (χ4n) is 2.84. The summed E-state index contributed by atoms with van der Waals surface area (Å²) in [6, 6.07) is 5.77. The van der Waals surface area contributed by atoms with E-state index in [0.717, 1.165) is 12.1 Å². The second kappa shape index (κ2) is 7.20. The van der Waals surface area contributed by atoms with E-state index in [1.54, 1.807) is 11.1 Å². The van der Waals surface area contributed by atoms with Crippen LogP contribution in [0, 0.1) is 11.8 Å². The number of amides is 1. The molecule has 0 aliphatic heterocycles. The van der Waals surface area contributed by atoms with Gasteiger partial charge in [-0.2, -0.15) is 0 Å². The van der Waals surface area contributed by atoms with Gasteiger partial charge in [-0.05, 0) is 37.8 Å². The van der Waals surface area contributed by atoms with Crippen LogP contribution in [0.25, 0.3) is 0 Å². The number of carboxylic acids is 1. The lowest BCUT2D eigenvalue weighted by Crippen LogP contribution is -2.37. The number of hydrogen-bond donors (Lipinski definition) is 1. The smallest absolute Gasteiger partial charge is 0.306 e. The number of carbonyl (C=O) groups is 2. The third-order valence-corrected chi connectivity index (χ3v) is 4.23. The van der Waals surface area contributed by atoms with E-state index in [9.17, 15) is 9.59 Å². The minimum absolute atomic E-state index is 0.0191. The highest BCUT2D eigenvalue weighted by atomic mass is 16.4. The van der Waals surface area contributed by atoms with Crippen molar-refractivity contribution in [3.8, 4) is 0 Å². The van der Waals surface area contributed by atoms with E-state index >= 15 is 0 Å². The normalized spacial score (nSPS) is 21.8. The molecule has 1 fully saturated rings. The zero-order chi connectivity index (χ0) is 15.2. The zero-order valence-electron chi connectivity index (χ0n) is 12.4. The molecular weight excluding hydrogens is 268 g/mol. The zero-order valence-corrected chi connectivity index (χ0v) is 12.4. The first-order valence-corrected chi connectivity index (χ1v) is 7.45. The Kier molecular flexibility index (Phi) is 5.31. The lowest BCUT2D eigenvalue weighted by atomic mass is 9.81. The molecule has 0 unspecified atom stereocenters. The van der Waals surface area contributed by atoms with Crippen LogP contribution in [-0.2, 0) is 16.0 Å². The standard InChI is InChI=1S/C16H22N2O3/c1-18(11-9-14-4-2-3-10-17-14)15(19)12-5-7-13(8-6-12)16(20)21/h2-4,10,12-13H,5-9,11H2,1H3,(H,20,21). The third kappa shape index (κ3) is 4.28. The van der Waals surface area contributed by atoms with E-state index in [1.165, 1.54) is 0 Å². The van der Waals surface area contributed by atoms with Crippen LogP contribution in [0.15, 0.2) is 24.4 Å². The molecule has 114 valence electrons. The summed E-state index contributed by atoms with van der Waals surface area (Å²) in [5, 5.41) is 8.98. The fraction of sp³-hybridized carbons (Fsp3) is 0.562. The second-order valence-corrected chi connectivity index (χ2v) is 5.72. The molecule has 0 saturated heterocycles. The highest BCUT2D eigenvalue weighted by molar-refractivity contribution is 5.79. The lowest BCUT2D eigenvalue weighted by Gasteiger charge is -2.28. The van der Waals surface area contributed by atoms with Gasteiger partial charge in [0.15, 0.2) is 0 Å². The van der Waals surface area contributed by atoms with Gasteiger partial charge in [-0.25, -0.2) is 0 Å². The molecule has 1 aromatic heterocycles. The van der Waals surface area contributed by atoms with E-state index in [1.807, 2.05) is 25.2 Å². The van der Waals surface area contributed by atoms with Gasteiger partial charge in [0.05, 0.1) is 5.92 Å². The first kappa shape index (κ1) is 15.5. The van der Waals surface area contributed by atoms with Crippen molar-refractivity contribution in [3.63, 3.8) is 0 Å². The number of hydrogen-bond acceptors (Lipinski definition) is 3. The quantitative estimate of drug-likeness (QED) is 0.900. The van der Waals surface area contributed by atoms with E-state index < -0.39 is 5.97 Å². The Balaban J connectivity index is 1.79. The molecule has 0 aromatic carbocycles. The van der Waals surface area contributed by atoms with Crippen LogP contribution < -0.4 is 0 Å². The first-order chi connectivity index (χ1) is 10.1. The van der Waals surface area contributed by atoms with Crippen molar-refractivity contribution in [1.29, 1.82) is 0 Å². The number of likely N-dealkylation sites (N-methyl/N-ethyl adjacent to an activating group) is 1. The molecule has 0 radical (unpaired) electrons. The maximum absolute atomic E-state index is 12.4. The van der Waals surface area contributed by atoms with Crippen LogP contribution >= 0.6 is 0 Å². The molecule has 0 atom stereocenters. The van der Waals surface area contributed by atoms with Crippen LogP contribution in [0.5, 0.6) is 0 Å². The van der Waals surface area contributed by atoms with Crippen molar-refractivity contribution in [3.05, 3.63) is 30.1 Å². The number of pyridine rings is 1. The molecule has 2 rings (SSSR count). The maximum atomic E-state index is 12.4. The van der Waals surface area contributed by atoms with Gasteiger partial charge < -0.3 is 10.0 Å². The summed E-state index contributed by atoms with van der Waals surface area (Å²) in [6.45, 7) is 0.648. The van der Waals surface area contributed by atoms with Crippen molar-refractivity contribution < 1.29 is 14.7 Å². The molecule has 0 spiro atoms. The van der Waals surface area contributed by atoms with Gasteiger partial charge in [0.2, 0.25) is 5.91 Å². The molecule has 5 heteroatoms. The Morgan fingerprint density at radius 2 is 1.90 bits per heavy atom. The minimum atomic E-state index is -0.732. The first-order valence-electron chi connectivity index (χ1n) is 7.45. The van der Waals surface area contributed by atoms with Crippen LogP contribution in [-0.4, -0.2) is 40.5 Å². The summed E-state index contributed by atoms with van der Waals surface area (Å²) in [4.78, 5) is 29.3. The van der Waals surface area contributed by atoms with Gasteiger partial charge in [0, 0.05) is 37.8 Å². The predicted molar refractivity (Wildman–Crippen MR) is 78.7 cm³/mol. The van der Waals surface area contributed by atoms with E-state index in [-0.39, 0.29) is 17.7 Å². The van der Waals surface area contributed by atoms with Gasteiger partial charge in [-0.1, -0.05) is 6.07 Å². The van der Waals surface area contributed by atoms with Gasteiger partial charge in [0.1, 0.15) is 0 Å². The SMILES string of the molecule is CN(CCc1ccccn1)C(=O)C1CCC(C(=O)O)CC1. The van der Waals surface area contributed by atoms with Crippen LogP contribution in [0.4, 0.5) is 0 Å². The molecule has 1 heterocycles.